The summed E-state index contributed by atoms with van der Waals surface area (Å²) in [7, 11) is -9.95. The van der Waals surface area contributed by atoms with E-state index in [2.05, 4.69) is 9.35 Å². The van der Waals surface area contributed by atoms with E-state index in [4.69, 9.17) is 19.6 Å². The van der Waals surface area contributed by atoms with Crippen molar-refractivity contribution in [3.8, 4) is 0 Å². The molecular weight excluding hydrogens is 218 g/mol. The van der Waals surface area contributed by atoms with Crippen LogP contribution < -0.4 is 12.3 Å². The molecule has 0 fully saturated rings. The van der Waals surface area contributed by atoms with E-state index in [1.807, 2.05) is 0 Å². The summed E-state index contributed by atoms with van der Waals surface area (Å²) < 4.78 is 25.4. The van der Waals surface area contributed by atoms with Crippen LogP contribution in [0, 0.1) is 0 Å². The summed E-state index contributed by atoms with van der Waals surface area (Å²) >= 11 is 0. The number of rotatable bonds is 3. The van der Waals surface area contributed by atoms with Crippen molar-refractivity contribution < 1.29 is 38.1 Å². The zero-order valence-corrected chi connectivity index (χ0v) is 7.52. The Kier molecular flexibility index (Phi) is 8.61. The molecule has 10 nitrogen and oxygen atoms in total. The summed E-state index contributed by atoms with van der Waals surface area (Å²) in [6, 6.07) is 0. The SMILES string of the molecule is N.N.O=P(O)(O)OOP(=O)(O)O. The Morgan fingerprint density at radius 3 is 1.00 bits per heavy atom. The Hall–Kier alpha value is 0.140. The fraction of sp³-hybridized carbons (Fsp3) is 0. The monoisotopic (exact) mass is 228 g/mol. The summed E-state index contributed by atoms with van der Waals surface area (Å²) in [5.41, 5.74) is 0. The molecule has 0 rings (SSSR count). The molecule has 0 unspecified atom stereocenters. The smallest absolute Gasteiger partial charge is 0.344 e. The molecule has 0 amide bonds. The van der Waals surface area contributed by atoms with Crippen molar-refractivity contribution in [2.75, 3.05) is 0 Å². The van der Waals surface area contributed by atoms with Gasteiger partial charge in [-0.05, 0) is 0 Å². The van der Waals surface area contributed by atoms with Gasteiger partial charge < -0.3 is 31.9 Å². The van der Waals surface area contributed by atoms with Crippen LogP contribution in [0.2, 0.25) is 0 Å². The van der Waals surface area contributed by atoms with E-state index in [0.29, 0.717) is 0 Å². The van der Waals surface area contributed by atoms with Crippen LogP contribution >= 0.6 is 15.6 Å². The molecule has 0 aliphatic rings. The fourth-order valence-electron chi connectivity index (χ4n) is 0.0868. The van der Waals surface area contributed by atoms with Crippen LogP contribution in [0.1, 0.15) is 0 Å². The van der Waals surface area contributed by atoms with Gasteiger partial charge in [-0.3, -0.25) is 0 Å². The third-order valence-corrected chi connectivity index (χ3v) is 0.883. The van der Waals surface area contributed by atoms with Gasteiger partial charge in [-0.25, -0.2) is 9.13 Å². The Bertz CT molecular complexity index is 165. The van der Waals surface area contributed by atoms with Crippen LogP contribution in [-0.4, -0.2) is 19.6 Å². The lowest BCUT2D eigenvalue weighted by Gasteiger charge is -2.03. The van der Waals surface area contributed by atoms with Crippen molar-refractivity contribution in [2.24, 2.45) is 0 Å². The molecule has 0 aromatic carbocycles. The molecule has 0 bridgehead atoms. The van der Waals surface area contributed by atoms with E-state index in [1.165, 1.54) is 0 Å². The third kappa shape index (κ3) is 16.6. The summed E-state index contributed by atoms with van der Waals surface area (Å²) in [6.07, 6.45) is 0. The van der Waals surface area contributed by atoms with Crippen LogP contribution in [0.3, 0.4) is 0 Å². The molecular formula is H10N2O8P2. The summed E-state index contributed by atoms with van der Waals surface area (Å²) in [5, 5.41) is 0. The zero-order chi connectivity index (χ0) is 8.41. The van der Waals surface area contributed by atoms with Gasteiger partial charge in [-0.2, -0.15) is 0 Å². The lowest BCUT2D eigenvalue weighted by Crippen LogP contribution is -1.89. The van der Waals surface area contributed by atoms with Gasteiger partial charge in [-0.1, -0.05) is 0 Å². The van der Waals surface area contributed by atoms with E-state index in [9.17, 15) is 9.13 Å². The Balaban J connectivity index is -0.000000405. The topological polar surface area (TPSA) is 204 Å². The van der Waals surface area contributed by atoms with Gasteiger partial charge in [0.1, 0.15) is 0 Å². The minimum absolute atomic E-state index is 0. The zero-order valence-electron chi connectivity index (χ0n) is 5.73. The van der Waals surface area contributed by atoms with Crippen LogP contribution in [0.5, 0.6) is 0 Å². The van der Waals surface area contributed by atoms with E-state index in [1.54, 1.807) is 0 Å². The van der Waals surface area contributed by atoms with Crippen molar-refractivity contribution in [3.63, 3.8) is 0 Å². The highest BCUT2D eigenvalue weighted by molar-refractivity contribution is 7.48. The second-order valence-electron chi connectivity index (χ2n) is 1.13. The van der Waals surface area contributed by atoms with Gasteiger partial charge in [0.15, 0.2) is 0 Å². The molecule has 12 heteroatoms. The average Bonchev–Trinajstić information content (AvgIpc) is 1.57. The van der Waals surface area contributed by atoms with Crippen molar-refractivity contribution in [1.82, 2.24) is 12.3 Å². The second-order valence-corrected chi connectivity index (χ2v) is 3.39. The summed E-state index contributed by atoms with van der Waals surface area (Å²) in [5.74, 6) is 0. The maximum absolute atomic E-state index is 9.68. The highest BCUT2D eigenvalue weighted by atomic mass is 31.2. The van der Waals surface area contributed by atoms with Crippen molar-refractivity contribution in [1.29, 1.82) is 0 Å². The van der Waals surface area contributed by atoms with Crippen LogP contribution in [0.4, 0.5) is 0 Å². The van der Waals surface area contributed by atoms with E-state index >= 15 is 0 Å². The molecule has 10 N–H and O–H groups in total. The molecule has 0 radical (unpaired) electrons. The van der Waals surface area contributed by atoms with Crippen molar-refractivity contribution >= 4 is 15.6 Å². The first-order valence-electron chi connectivity index (χ1n) is 1.70. The van der Waals surface area contributed by atoms with Gasteiger partial charge >= 0.3 is 15.6 Å². The normalized spacial score (nSPS) is 11.3. The largest absolute Gasteiger partial charge is 0.497 e. The summed E-state index contributed by atoms with van der Waals surface area (Å²) in [4.78, 5) is 31.2. The van der Waals surface area contributed by atoms with Crippen LogP contribution in [0.15, 0.2) is 0 Å². The van der Waals surface area contributed by atoms with Gasteiger partial charge in [0.25, 0.3) is 0 Å². The lowest BCUT2D eigenvalue weighted by atomic mass is 14.0. The Labute approximate surface area is 67.1 Å². The van der Waals surface area contributed by atoms with Gasteiger partial charge in [0, 0.05) is 0 Å². The molecule has 0 atom stereocenters. The molecule has 12 heavy (non-hydrogen) atoms. The van der Waals surface area contributed by atoms with Crippen molar-refractivity contribution in [2.45, 2.75) is 0 Å². The highest BCUT2D eigenvalue weighted by Crippen LogP contribution is 2.45. The van der Waals surface area contributed by atoms with Gasteiger partial charge in [-0.15, -0.1) is 9.35 Å². The molecule has 78 valence electrons. The minimum atomic E-state index is -4.98. The van der Waals surface area contributed by atoms with Crippen LogP contribution in [-0.2, 0) is 18.5 Å². The average molecular weight is 228 g/mol. The molecule has 0 aliphatic carbocycles. The molecule has 0 aromatic heterocycles. The first kappa shape index (κ1) is 18.0. The van der Waals surface area contributed by atoms with Crippen LogP contribution in [0.25, 0.3) is 0 Å². The van der Waals surface area contributed by atoms with E-state index < -0.39 is 15.6 Å². The Morgan fingerprint density at radius 1 is 0.750 bits per heavy atom. The van der Waals surface area contributed by atoms with Gasteiger partial charge in [0.2, 0.25) is 0 Å². The third-order valence-electron chi connectivity index (χ3n) is 0.228. The number of hydrogen-bond acceptors (Lipinski definition) is 6. The predicted octanol–water partition coefficient (Wildman–Crippen LogP) is -0.556. The predicted molar refractivity (Wildman–Crippen MR) is 36.3 cm³/mol. The van der Waals surface area contributed by atoms with Crippen molar-refractivity contribution in [3.05, 3.63) is 0 Å². The molecule has 0 saturated heterocycles. The molecule has 0 aromatic rings. The minimum Gasteiger partial charge on any atom is -0.344 e. The quantitative estimate of drug-likeness (QED) is 0.206. The lowest BCUT2D eigenvalue weighted by molar-refractivity contribution is -0.142. The maximum Gasteiger partial charge on any atom is 0.497 e. The molecule has 0 spiro atoms. The standard InChI is InChI=1S/2H3N.H4O8P2/c;;1-9(2,3)7-8-10(4,5)6/h2*1H3;(H2,1,2,3)(H2,4,5,6). The summed E-state index contributed by atoms with van der Waals surface area (Å²) in [6.45, 7) is 0. The molecule has 0 saturated carbocycles. The van der Waals surface area contributed by atoms with E-state index in [0.717, 1.165) is 0 Å². The Morgan fingerprint density at radius 2 is 0.917 bits per heavy atom. The first-order chi connectivity index (χ1) is 4.21. The number of phosphoric acid groups is 2. The van der Waals surface area contributed by atoms with Gasteiger partial charge in [0.05, 0.1) is 0 Å². The molecule has 0 aliphatic heterocycles. The second kappa shape index (κ2) is 5.73. The first-order valence-corrected chi connectivity index (χ1v) is 4.76. The maximum atomic E-state index is 9.68. The fourth-order valence-corrected chi connectivity index (χ4v) is 0.782. The van der Waals surface area contributed by atoms with E-state index in [-0.39, 0.29) is 12.3 Å². The number of hydrogen-bond donors (Lipinski definition) is 6. The molecule has 0 heterocycles. The highest BCUT2D eigenvalue weighted by Gasteiger charge is 2.24.